The summed E-state index contributed by atoms with van der Waals surface area (Å²) < 4.78 is 1.97. The Hall–Kier alpha value is -1.81. The van der Waals surface area contributed by atoms with Crippen LogP contribution in [0.15, 0.2) is 36.7 Å². The fraction of sp³-hybridized carbons (Fsp3) is 0.308. The van der Waals surface area contributed by atoms with Crippen molar-refractivity contribution in [3.63, 3.8) is 0 Å². The van der Waals surface area contributed by atoms with Crippen molar-refractivity contribution in [2.45, 2.75) is 26.0 Å². The molecule has 0 spiro atoms. The fourth-order valence-electron chi connectivity index (χ4n) is 1.83. The van der Waals surface area contributed by atoms with Gasteiger partial charge < -0.3 is 15.4 Å². The molecule has 0 radical (unpaired) electrons. The van der Waals surface area contributed by atoms with Crippen LogP contribution in [0.3, 0.4) is 0 Å². The third-order valence-electron chi connectivity index (χ3n) is 2.81. The Morgan fingerprint density at radius 3 is 2.71 bits per heavy atom. The number of aliphatic hydroxyl groups is 1. The highest BCUT2D eigenvalue weighted by Crippen LogP contribution is 2.17. The number of aliphatic hydroxyl groups excluding tert-OH is 1. The van der Waals surface area contributed by atoms with Crippen LogP contribution in [0.25, 0.3) is 0 Å². The maximum Gasteiger partial charge on any atom is 0.108 e. The molecular weight excluding hydrogens is 214 g/mol. The van der Waals surface area contributed by atoms with E-state index in [1.807, 2.05) is 22.9 Å². The first-order valence-corrected chi connectivity index (χ1v) is 5.74. The first-order valence-electron chi connectivity index (χ1n) is 5.74. The summed E-state index contributed by atoms with van der Waals surface area (Å²) in [6.07, 6.45) is 3.98. The summed E-state index contributed by atoms with van der Waals surface area (Å²) in [5.74, 6) is 0.986. The molecule has 0 aliphatic rings. The summed E-state index contributed by atoms with van der Waals surface area (Å²) in [6, 6.07) is 7.30. The molecule has 0 aliphatic heterocycles. The summed E-state index contributed by atoms with van der Waals surface area (Å²) in [5, 5.41) is 10.1. The molecule has 0 saturated heterocycles. The van der Waals surface area contributed by atoms with E-state index in [4.69, 9.17) is 5.73 Å². The first kappa shape index (κ1) is 11.7. The molecule has 4 nitrogen and oxygen atoms in total. The normalized spacial score (nSPS) is 12.6. The van der Waals surface area contributed by atoms with Gasteiger partial charge in [-0.05, 0) is 17.7 Å². The van der Waals surface area contributed by atoms with Gasteiger partial charge in [0.2, 0.25) is 0 Å². The van der Waals surface area contributed by atoms with Gasteiger partial charge in [0, 0.05) is 24.5 Å². The van der Waals surface area contributed by atoms with E-state index in [2.05, 4.69) is 11.9 Å². The number of anilines is 1. The Bertz CT molecular complexity index is 476. The van der Waals surface area contributed by atoms with Crippen molar-refractivity contribution in [3.05, 3.63) is 48.0 Å². The fourth-order valence-corrected chi connectivity index (χ4v) is 1.83. The van der Waals surface area contributed by atoms with Gasteiger partial charge in [-0.15, -0.1) is 0 Å². The van der Waals surface area contributed by atoms with E-state index in [1.165, 1.54) is 0 Å². The smallest absolute Gasteiger partial charge is 0.108 e. The van der Waals surface area contributed by atoms with Crippen LogP contribution in [-0.4, -0.2) is 14.7 Å². The van der Waals surface area contributed by atoms with E-state index in [1.54, 1.807) is 18.3 Å². The average Bonchev–Trinajstić information content (AvgIpc) is 2.77. The Morgan fingerprint density at radius 1 is 1.35 bits per heavy atom. The van der Waals surface area contributed by atoms with Crippen LogP contribution in [-0.2, 0) is 13.0 Å². The Labute approximate surface area is 101 Å². The molecule has 90 valence electrons. The lowest BCUT2D eigenvalue weighted by Gasteiger charge is -2.13. The highest BCUT2D eigenvalue weighted by molar-refractivity contribution is 5.39. The second-order valence-corrected chi connectivity index (χ2v) is 4.03. The maximum atomic E-state index is 10.1. The third-order valence-corrected chi connectivity index (χ3v) is 2.81. The molecule has 1 heterocycles. The molecule has 0 saturated carbocycles. The number of nitrogens with two attached hydrogens (primary N) is 1. The second-order valence-electron chi connectivity index (χ2n) is 4.03. The van der Waals surface area contributed by atoms with Crippen molar-refractivity contribution >= 4 is 5.69 Å². The number of imidazole rings is 1. The average molecular weight is 231 g/mol. The predicted octanol–water partition coefficient (Wildman–Crippen LogP) is 1.76. The molecule has 0 bridgehead atoms. The lowest BCUT2D eigenvalue weighted by atomic mass is 10.1. The van der Waals surface area contributed by atoms with E-state index in [0.29, 0.717) is 12.2 Å². The van der Waals surface area contributed by atoms with Crippen LogP contribution in [0, 0.1) is 0 Å². The van der Waals surface area contributed by atoms with Crippen LogP contribution < -0.4 is 5.73 Å². The van der Waals surface area contributed by atoms with Gasteiger partial charge in [-0.25, -0.2) is 4.98 Å². The van der Waals surface area contributed by atoms with Gasteiger partial charge in [-0.2, -0.15) is 0 Å². The molecular formula is C13H17N3O. The van der Waals surface area contributed by atoms with E-state index >= 15 is 0 Å². The zero-order chi connectivity index (χ0) is 12.3. The third kappa shape index (κ3) is 2.65. The molecule has 1 aromatic heterocycles. The number of hydrogen-bond donors (Lipinski definition) is 2. The first-order chi connectivity index (χ1) is 8.20. The number of hydrogen-bond acceptors (Lipinski definition) is 3. The van der Waals surface area contributed by atoms with Crippen molar-refractivity contribution in [2.24, 2.45) is 0 Å². The number of nitrogens with zero attached hydrogens (tertiary/aromatic N) is 2. The lowest BCUT2D eigenvalue weighted by molar-refractivity contribution is 0.155. The molecule has 1 aromatic carbocycles. The van der Waals surface area contributed by atoms with E-state index < -0.39 is 6.10 Å². The summed E-state index contributed by atoms with van der Waals surface area (Å²) in [6.45, 7) is 2.57. The van der Waals surface area contributed by atoms with Gasteiger partial charge in [-0.1, -0.05) is 19.1 Å². The van der Waals surface area contributed by atoms with E-state index in [9.17, 15) is 5.11 Å². The Morgan fingerprint density at radius 2 is 2.06 bits per heavy atom. The molecule has 2 rings (SSSR count). The lowest BCUT2D eigenvalue weighted by Crippen LogP contribution is -2.10. The Kier molecular flexibility index (Phi) is 3.44. The largest absolute Gasteiger partial charge is 0.399 e. The molecule has 0 aliphatic carbocycles. The summed E-state index contributed by atoms with van der Waals surface area (Å²) >= 11 is 0. The Balaban J connectivity index is 2.11. The number of aryl methyl sites for hydroxylation is 1. The minimum atomic E-state index is -0.532. The van der Waals surface area contributed by atoms with Gasteiger partial charge in [0.05, 0.1) is 12.6 Å². The number of aromatic nitrogens is 2. The van der Waals surface area contributed by atoms with Crippen LogP contribution in [0.2, 0.25) is 0 Å². The summed E-state index contributed by atoms with van der Waals surface area (Å²) in [7, 11) is 0. The van der Waals surface area contributed by atoms with Crippen molar-refractivity contribution in [2.75, 3.05) is 5.73 Å². The molecule has 1 atom stereocenters. The SMILES string of the molecule is CCc1nccn1CC(O)c1ccc(N)cc1. The molecule has 17 heavy (non-hydrogen) atoms. The maximum absolute atomic E-state index is 10.1. The molecule has 2 aromatic rings. The number of benzene rings is 1. The van der Waals surface area contributed by atoms with Crippen molar-refractivity contribution in [1.29, 1.82) is 0 Å². The molecule has 4 heteroatoms. The van der Waals surface area contributed by atoms with Crippen LogP contribution in [0.1, 0.15) is 24.4 Å². The molecule has 1 unspecified atom stereocenters. The molecule has 0 amide bonds. The van der Waals surface area contributed by atoms with Gasteiger partial charge in [0.1, 0.15) is 5.82 Å². The predicted molar refractivity (Wildman–Crippen MR) is 67.4 cm³/mol. The number of nitrogen functional groups attached to an aromatic ring is 1. The quantitative estimate of drug-likeness (QED) is 0.788. The highest BCUT2D eigenvalue weighted by Gasteiger charge is 2.10. The second kappa shape index (κ2) is 5.01. The van der Waals surface area contributed by atoms with Crippen molar-refractivity contribution in [3.8, 4) is 0 Å². The molecule has 3 N–H and O–H groups in total. The zero-order valence-corrected chi connectivity index (χ0v) is 9.87. The van der Waals surface area contributed by atoms with Crippen LogP contribution in [0.4, 0.5) is 5.69 Å². The number of rotatable bonds is 4. The van der Waals surface area contributed by atoms with E-state index in [0.717, 1.165) is 17.8 Å². The molecule has 0 fully saturated rings. The summed E-state index contributed by atoms with van der Waals surface area (Å²) in [4.78, 5) is 4.23. The zero-order valence-electron chi connectivity index (χ0n) is 9.87. The standard InChI is InChI=1S/C13H17N3O/c1-2-13-15-7-8-16(13)9-12(17)10-3-5-11(14)6-4-10/h3-8,12,17H,2,9,14H2,1H3. The van der Waals surface area contributed by atoms with Crippen LogP contribution >= 0.6 is 0 Å². The van der Waals surface area contributed by atoms with Gasteiger partial charge in [-0.3, -0.25) is 0 Å². The van der Waals surface area contributed by atoms with Crippen molar-refractivity contribution in [1.82, 2.24) is 9.55 Å². The topological polar surface area (TPSA) is 64.1 Å². The van der Waals surface area contributed by atoms with Crippen molar-refractivity contribution < 1.29 is 5.11 Å². The van der Waals surface area contributed by atoms with E-state index in [-0.39, 0.29) is 0 Å². The monoisotopic (exact) mass is 231 g/mol. The minimum Gasteiger partial charge on any atom is -0.399 e. The minimum absolute atomic E-state index is 0.521. The van der Waals surface area contributed by atoms with Gasteiger partial charge in [0.25, 0.3) is 0 Å². The summed E-state index contributed by atoms with van der Waals surface area (Å²) in [5.41, 5.74) is 7.19. The van der Waals surface area contributed by atoms with Crippen LogP contribution in [0.5, 0.6) is 0 Å². The highest BCUT2D eigenvalue weighted by atomic mass is 16.3. The van der Waals surface area contributed by atoms with Gasteiger partial charge >= 0.3 is 0 Å². The van der Waals surface area contributed by atoms with Gasteiger partial charge in [0.15, 0.2) is 0 Å².